The standard InChI is InChI=1S/C20H20N2O/c23-20(9-5-4-8-16-6-2-1-3-7-16)22-19-11-10-18-15-21-13-12-17(18)14-19/h1-3,6-7,10-15H,4-5,8-9H2,(H,22,23). The van der Waals surface area contributed by atoms with Crippen molar-refractivity contribution in [3.8, 4) is 0 Å². The molecule has 0 spiro atoms. The smallest absolute Gasteiger partial charge is 0.224 e. The summed E-state index contributed by atoms with van der Waals surface area (Å²) in [5.74, 6) is 0.0754. The van der Waals surface area contributed by atoms with E-state index < -0.39 is 0 Å². The van der Waals surface area contributed by atoms with Crippen LogP contribution < -0.4 is 5.32 Å². The number of aromatic nitrogens is 1. The largest absolute Gasteiger partial charge is 0.326 e. The van der Waals surface area contributed by atoms with Gasteiger partial charge >= 0.3 is 0 Å². The molecule has 3 heteroatoms. The molecule has 1 aromatic heterocycles. The van der Waals surface area contributed by atoms with E-state index >= 15 is 0 Å². The Bertz CT molecular complexity index is 784. The van der Waals surface area contributed by atoms with Gasteiger partial charge in [0.15, 0.2) is 0 Å². The van der Waals surface area contributed by atoms with Crippen molar-refractivity contribution in [3.63, 3.8) is 0 Å². The van der Waals surface area contributed by atoms with Gasteiger partial charge in [-0.15, -0.1) is 0 Å². The second kappa shape index (κ2) is 7.54. The van der Waals surface area contributed by atoms with E-state index in [0.717, 1.165) is 35.7 Å². The minimum Gasteiger partial charge on any atom is -0.326 e. The van der Waals surface area contributed by atoms with Crippen molar-refractivity contribution in [1.29, 1.82) is 0 Å². The molecule has 0 saturated heterocycles. The van der Waals surface area contributed by atoms with Gasteiger partial charge in [-0.25, -0.2) is 0 Å². The molecule has 0 fully saturated rings. The fourth-order valence-electron chi connectivity index (χ4n) is 2.64. The molecule has 0 unspecified atom stereocenters. The number of fused-ring (bicyclic) bond motifs is 1. The van der Waals surface area contributed by atoms with Crippen molar-refractivity contribution in [2.24, 2.45) is 0 Å². The van der Waals surface area contributed by atoms with E-state index in [0.29, 0.717) is 6.42 Å². The Morgan fingerprint density at radius 2 is 1.83 bits per heavy atom. The van der Waals surface area contributed by atoms with Crippen molar-refractivity contribution in [3.05, 3.63) is 72.6 Å². The van der Waals surface area contributed by atoms with Crippen LogP contribution in [0.15, 0.2) is 67.0 Å². The zero-order valence-electron chi connectivity index (χ0n) is 13.0. The normalized spacial score (nSPS) is 10.6. The summed E-state index contributed by atoms with van der Waals surface area (Å²) >= 11 is 0. The molecule has 0 atom stereocenters. The minimum atomic E-state index is 0.0754. The topological polar surface area (TPSA) is 42.0 Å². The van der Waals surface area contributed by atoms with Crippen LogP contribution in [0.1, 0.15) is 24.8 Å². The summed E-state index contributed by atoms with van der Waals surface area (Å²) in [4.78, 5) is 16.1. The van der Waals surface area contributed by atoms with Gasteiger partial charge < -0.3 is 5.32 Å². The molecule has 3 rings (SSSR count). The number of anilines is 1. The van der Waals surface area contributed by atoms with Gasteiger partial charge in [-0.05, 0) is 48.4 Å². The summed E-state index contributed by atoms with van der Waals surface area (Å²) in [7, 11) is 0. The van der Waals surface area contributed by atoms with Gasteiger partial charge in [-0.3, -0.25) is 9.78 Å². The first kappa shape index (κ1) is 15.2. The summed E-state index contributed by atoms with van der Waals surface area (Å²) in [6, 6.07) is 18.2. The highest BCUT2D eigenvalue weighted by Crippen LogP contribution is 2.18. The number of hydrogen-bond donors (Lipinski definition) is 1. The summed E-state index contributed by atoms with van der Waals surface area (Å²) in [6.45, 7) is 0. The lowest BCUT2D eigenvalue weighted by Crippen LogP contribution is -2.11. The predicted molar refractivity (Wildman–Crippen MR) is 94.4 cm³/mol. The van der Waals surface area contributed by atoms with Crippen LogP contribution in [0.5, 0.6) is 0 Å². The predicted octanol–water partition coefficient (Wildman–Crippen LogP) is 4.59. The molecule has 2 aromatic carbocycles. The highest BCUT2D eigenvalue weighted by atomic mass is 16.1. The summed E-state index contributed by atoms with van der Waals surface area (Å²) in [5.41, 5.74) is 2.17. The molecule has 0 aliphatic carbocycles. The van der Waals surface area contributed by atoms with Gasteiger partial charge in [-0.2, -0.15) is 0 Å². The Kier molecular flexibility index (Phi) is 4.99. The van der Waals surface area contributed by atoms with Crippen LogP contribution in [0.2, 0.25) is 0 Å². The van der Waals surface area contributed by atoms with Crippen LogP contribution in [0, 0.1) is 0 Å². The third kappa shape index (κ3) is 4.39. The molecular formula is C20H20N2O. The first-order valence-corrected chi connectivity index (χ1v) is 7.99. The number of benzene rings is 2. The molecule has 0 aliphatic heterocycles. The Hall–Kier alpha value is -2.68. The lowest BCUT2D eigenvalue weighted by molar-refractivity contribution is -0.116. The van der Waals surface area contributed by atoms with Crippen molar-refractivity contribution in [2.75, 3.05) is 5.32 Å². The molecular weight excluding hydrogens is 284 g/mol. The first-order chi connectivity index (χ1) is 11.3. The van der Waals surface area contributed by atoms with Crippen molar-refractivity contribution in [2.45, 2.75) is 25.7 Å². The van der Waals surface area contributed by atoms with E-state index in [9.17, 15) is 4.79 Å². The van der Waals surface area contributed by atoms with E-state index in [1.165, 1.54) is 5.56 Å². The molecule has 0 radical (unpaired) electrons. The van der Waals surface area contributed by atoms with Crippen molar-refractivity contribution < 1.29 is 4.79 Å². The zero-order chi connectivity index (χ0) is 15.9. The molecule has 0 bridgehead atoms. The second-order valence-corrected chi connectivity index (χ2v) is 5.68. The molecule has 23 heavy (non-hydrogen) atoms. The molecule has 1 amide bonds. The zero-order valence-corrected chi connectivity index (χ0v) is 13.0. The van der Waals surface area contributed by atoms with Gasteiger partial charge in [0.25, 0.3) is 0 Å². The van der Waals surface area contributed by atoms with Gasteiger partial charge in [-0.1, -0.05) is 36.4 Å². The maximum absolute atomic E-state index is 12.0. The number of pyridine rings is 1. The Morgan fingerprint density at radius 3 is 2.70 bits per heavy atom. The molecule has 0 aliphatic rings. The van der Waals surface area contributed by atoms with E-state index in [2.05, 4.69) is 34.6 Å². The van der Waals surface area contributed by atoms with E-state index in [-0.39, 0.29) is 5.91 Å². The third-order valence-corrected chi connectivity index (χ3v) is 3.89. The van der Waals surface area contributed by atoms with Gasteiger partial charge in [0.2, 0.25) is 5.91 Å². The number of amides is 1. The molecule has 116 valence electrons. The number of aryl methyl sites for hydroxylation is 1. The fraction of sp³-hybridized carbons (Fsp3) is 0.200. The number of rotatable bonds is 6. The summed E-state index contributed by atoms with van der Waals surface area (Å²) < 4.78 is 0. The number of carbonyl (C=O) groups excluding carboxylic acids is 1. The van der Waals surface area contributed by atoms with E-state index in [1.54, 1.807) is 6.20 Å². The molecule has 3 aromatic rings. The number of carbonyl (C=O) groups is 1. The maximum atomic E-state index is 12.0. The molecule has 0 saturated carbocycles. The Labute approximate surface area is 136 Å². The monoisotopic (exact) mass is 304 g/mol. The SMILES string of the molecule is O=C(CCCCc1ccccc1)Nc1ccc2cnccc2c1. The molecule has 1 N–H and O–H groups in total. The van der Waals surface area contributed by atoms with Crippen LogP contribution in [0.3, 0.4) is 0 Å². The minimum absolute atomic E-state index is 0.0754. The second-order valence-electron chi connectivity index (χ2n) is 5.68. The lowest BCUT2D eigenvalue weighted by atomic mass is 10.1. The maximum Gasteiger partial charge on any atom is 0.224 e. The Balaban J connectivity index is 1.46. The van der Waals surface area contributed by atoms with Crippen LogP contribution >= 0.6 is 0 Å². The van der Waals surface area contributed by atoms with Crippen LogP contribution in [-0.4, -0.2) is 10.9 Å². The highest BCUT2D eigenvalue weighted by molar-refractivity contribution is 5.94. The first-order valence-electron chi connectivity index (χ1n) is 7.99. The Morgan fingerprint density at radius 1 is 0.957 bits per heavy atom. The summed E-state index contributed by atoms with van der Waals surface area (Å²) in [5, 5.41) is 5.14. The van der Waals surface area contributed by atoms with Crippen molar-refractivity contribution >= 4 is 22.4 Å². The van der Waals surface area contributed by atoms with E-state index in [1.807, 2.05) is 36.5 Å². The fourth-order valence-corrected chi connectivity index (χ4v) is 2.64. The number of hydrogen-bond acceptors (Lipinski definition) is 2. The molecule has 3 nitrogen and oxygen atoms in total. The number of nitrogens with zero attached hydrogens (tertiary/aromatic N) is 1. The quantitative estimate of drug-likeness (QED) is 0.677. The lowest BCUT2D eigenvalue weighted by Gasteiger charge is -2.06. The average Bonchev–Trinajstić information content (AvgIpc) is 2.59. The van der Waals surface area contributed by atoms with Crippen LogP contribution in [0.4, 0.5) is 5.69 Å². The molecule has 1 heterocycles. The van der Waals surface area contributed by atoms with Crippen LogP contribution in [0.25, 0.3) is 10.8 Å². The van der Waals surface area contributed by atoms with Gasteiger partial charge in [0.05, 0.1) is 0 Å². The highest BCUT2D eigenvalue weighted by Gasteiger charge is 2.03. The van der Waals surface area contributed by atoms with Crippen molar-refractivity contribution in [1.82, 2.24) is 4.98 Å². The number of nitrogens with one attached hydrogen (secondary N) is 1. The van der Waals surface area contributed by atoms with Crippen LogP contribution in [-0.2, 0) is 11.2 Å². The van der Waals surface area contributed by atoms with E-state index in [4.69, 9.17) is 0 Å². The summed E-state index contributed by atoms with van der Waals surface area (Å²) in [6.07, 6.45) is 7.10. The third-order valence-electron chi connectivity index (χ3n) is 3.89. The number of unbranched alkanes of at least 4 members (excludes halogenated alkanes) is 1. The average molecular weight is 304 g/mol. The van der Waals surface area contributed by atoms with Gasteiger partial charge in [0.1, 0.15) is 0 Å². The van der Waals surface area contributed by atoms with Gasteiger partial charge in [0, 0.05) is 29.9 Å².